The van der Waals surface area contributed by atoms with Crippen LogP contribution in [0.5, 0.6) is 0 Å². The van der Waals surface area contributed by atoms with E-state index in [0.29, 0.717) is 13.1 Å². The molecule has 0 aliphatic carbocycles. The Balaban J connectivity index is 2.35. The Morgan fingerprint density at radius 2 is 2.19 bits per heavy atom. The van der Waals surface area contributed by atoms with Gasteiger partial charge in [0.1, 0.15) is 5.60 Å². The summed E-state index contributed by atoms with van der Waals surface area (Å²) in [6.45, 7) is 6.81. The third-order valence-electron chi connectivity index (χ3n) is 1.93. The van der Waals surface area contributed by atoms with Crippen LogP contribution in [0.25, 0.3) is 0 Å². The van der Waals surface area contributed by atoms with Gasteiger partial charge in [-0.05, 0) is 26.8 Å². The highest BCUT2D eigenvalue weighted by molar-refractivity contribution is 5.67. The molecular formula is C11H19N3O2. The van der Waals surface area contributed by atoms with Crippen molar-refractivity contribution < 1.29 is 9.53 Å². The summed E-state index contributed by atoms with van der Waals surface area (Å²) in [4.78, 5) is 13.1. The molecule has 0 atom stereocenters. The summed E-state index contributed by atoms with van der Waals surface area (Å²) >= 11 is 0. The number of hydrogen-bond acceptors (Lipinski definition) is 3. The molecule has 0 aliphatic rings. The number of carbonyl (C=O) groups excluding carboxylic acids is 1. The Hall–Kier alpha value is -1.52. The lowest BCUT2D eigenvalue weighted by molar-refractivity contribution is 0.0292. The minimum atomic E-state index is -0.447. The Morgan fingerprint density at radius 3 is 2.69 bits per heavy atom. The van der Waals surface area contributed by atoms with Gasteiger partial charge in [0.2, 0.25) is 0 Å². The molecule has 0 saturated carbocycles. The van der Waals surface area contributed by atoms with Gasteiger partial charge in [0, 0.05) is 26.0 Å². The van der Waals surface area contributed by atoms with Gasteiger partial charge in [-0.2, -0.15) is 5.10 Å². The maximum Gasteiger partial charge on any atom is 0.410 e. The van der Waals surface area contributed by atoms with Gasteiger partial charge in [-0.1, -0.05) is 0 Å². The molecule has 1 heterocycles. The van der Waals surface area contributed by atoms with Gasteiger partial charge in [-0.25, -0.2) is 4.79 Å². The number of amides is 1. The van der Waals surface area contributed by atoms with Crippen LogP contribution in [0.3, 0.4) is 0 Å². The van der Waals surface area contributed by atoms with E-state index in [2.05, 4.69) is 5.10 Å². The van der Waals surface area contributed by atoms with E-state index in [1.54, 1.807) is 22.8 Å². The minimum absolute atomic E-state index is 0.306. The first-order valence-corrected chi connectivity index (χ1v) is 5.30. The first-order valence-electron chi connectivity index (χ1n) is 5.30. The third kappa shape index (κ3) is 4.33. The number of ether oxygens (including phenoxy) is 1. The van der Waals surface area contributed by atoms with Crippen LogP contribution in [-0.2, 0) is 11.3 Å². The SMILES string of the molecule is CN(CCn1cccn1)C(=O)OC(C)(C)C. The van der Waals surface area contributed by atoms with Gasteiger partial charge in [-0.3, -0.25) is 4.68 Å². The van der Waals surface area contributed by atoms with E-state index in [1.165, 1.54) is 0 Å². The summed E-state index contributed by atoms with van der Waals surface area (Å²) in [7, 11) is 1.72. The van der Waals surface area contributed by atoms with E-state index < -0.39 is 5.60 Å². The van der Waals surface area contributed by atoms with E-state index in [1.807, 2.05) is 33.0 Å². The van der Waals surface area contributed by atoms with E-state index in [9.17, 15) is 4.79 Å². The smallest absolute Gasteiger partial charge is 0.410 e. The zero-order chi connectivity index (χ0) is 12.2. The first kappa shape index (κ1) is 12.5. The van der Waals surface area contributed by atoms with Crippen LogP contribution >= 0.6 is 0 Å². The van der Waals surface area contributed by atoms with Gasteiger partial charge in [0.05, 0.1) is 6.54 Å². The van der Waals surface area contributed by atoms with Gasteiger partial charge in [0.25, 0.3) is 0 Å². The van der Waals surface area contributed by atoms with E-state index >= 15 is 0 Å². The van der Waals surface area contributed by atoms with Crippen LogP contribution in [0.15, 0.2) is 18.5 Å². The zero-order valence-corrected chi connectivity index (χ0v) is 10.3. The molecular weight excluding hydrogens is 206 g/mol. The zero-order valence-electron chi connectivity index (χ0n) is 10.3. The van der Waals surface area contributed by atoms with Crippen molar-refractivity contribution >= 4 is 6.09 Å². The van der Waals surface area contributed by atoms with Gasteiger partial charge in [0.15, 0.2) is 0 Å². The molecule has 0 aliphatic heterocycles. The van der Waals surface area contributed by atoms with Gasteiger partial charge in [-0.15, -0.1) is 0 Å². The number of hydrogen-bond donors (Lipinski definition) is 0. The van der Waals surface area contributed by atoms with Crippen molar-refractivity contribution in [2.75, 3.05) is 13.6 Å². The van der Waals surface area contributed by atoms with E-state index in [-0.39, 0.29) is 6.09 Å². The van der Waals surface area contributed by atoms with Crippen LogP contribution < -0.4 is 0 Å². The molecule has 0 saturated heterocycles. The normalized spacial score (nSPS) is 11.2. The average molecular weight is 225 g/mol. The molecule has 0 aromatic carbocycles. The number of rotatable bonds is 3. The second-order valence-electron chi connectivity index (χ2n) is 4.67. The Morgan fingerprint density at radius 1 is 1.50 bits per heavy atom. The lowest BCUT2D eigenvalue weighted by Crippen LogP contribution is -2.35. The standard InChI is InChI=1S/C11H19N3O2/c1-11(2,3)16-10(15)13(4)8-9-14-7-5-6-12-14/h5-7H,8-9H2,1-4H3. The van der Waals surface area contributed by atoms with Crippen molar-refractivity contribution in [3.8, 4) is 0 Å². The number of likely N-dealkylation sites (N-methyl/N-ethyl adjacent to an activating group) is 1. The number of nitrogens with zero attached hydrogens (tertiary/aromatic N) is 3. The predicted molar refractivity (Wildman–Crippen MR) is 61.1 cm³/mol. The summed E-state index contributed by atoms with van der Waals surface area (Å²) in [6.07, 6.45) is 3.27. The first-order chi connectivity index (χ1) is 7.38. The molecule has 16 heavy (non-hydrogen) atoms. The van der Waals surface area contributed by atoms with Gasteiger partial charge >= 0.3 is 6.09 Å². The molecule has 1 aromatic heterocycles. The predicted octanol–water partition coefficient (Wildman–Crippen LogP) is 1.75. The Labute approximate surface area is 96.0 Å². The Bertz CT molecular complexity index is 327. The molecule has 90 valence electrons. The van der Waals surface area contributed by atoms with E-state index in [4.69, 9.17) is 4.74 Å². The lowest BCUT2D eigenvalue weighted by atomic mass is 10.2. The molecule has 0 bridgehead atoms. The van der Waals surface area contributed by atoms with Crippen LogP contribution in [0.1, 0.15) is 20.8 Å². The van der Waals surface area contributed by atoms with Crippen molar-refractivity contribution in [3.05, 3.63) is 18.5 Å². The molecule has 0 unspecified atom stereocenters. The van der Waals surface area contributed by atoms with E-state index in [0.717, 1.165) is 0 Å². The fraction of sp³-hybridized carbons (Fsp3) is 0.636. The molecule has 5 nitrogen and oxygen atoms in total. The maximum absolute atomic E-state index is 11.6. The summed E-state index contributed by atoms with van der Waals surface area (Å²) in [5.41, 5.74) is -0.447. The molecule has 1 aromatic rings. The summed E-state index contributed by atoms with van der Waals surface area (Å²) in [5.74, 6) is 0. The molecule has 1 amide bonds. The second kappa shape index (κ2) is 5.01. The lowest BCUT2D eigenvalue weighted by Gasteiger charge is -2.24. The molecule has 1 rings (SSSR count). The fourth-order valence-electron chi connectivity index (χ4n) is 1.12. The largest absolute Gasteiger partial charge is 0.444 e. The molecule has 0 N–H and O–H groups in total. The summed E-state index contributed by atoms with van der Waals surface area (Å²) < 4.78 is 7.01. The van der Waals surface area contributed by atoms with Crippen molar-refractivity contribution in [1.29, 1.82) is 0 Å². The maximum atomic E-state index is 11.6. The van der Waals surface area contributed by atoms with Crippen LogP contribution in [-0.4, -0.2) is 40.0 Å². The van der Waals surface area contributed by atoms with Crippen LogP contribution in [0.2, 0.25) is 0 Å². The van der Waals surface area contributed by atoms with Gasteiger partial charge < -0.3 is 9.64 Å². The molecule has 5 heteroatoms. The third-order valence-corrected chi connectivity index (χ3v) is 1.93. The van der Waals surface area contributed by atoms with Crippen LogP contribution in [0.4, 0.5) is 4.79 Å². The fourth-order valence-corrected chi connectivity index (χ4v) is 1.12. The minimum Gasteiger partial charge on any atom is -0.444 e. The average Bonchev–Trinajstić information content (AvgIpc) is 2.63. The molecule has 0 spiro atoms. The highest BCUT2D eigenvalue weighted by atomic mass is 16.6. The van der Waals surface area contributed by atoms with Crippen molar-refractivity contribution in [3.63, 3.8) is 0 Å². The molecule has 0 radical (unpaired) electrons. The van der Waals surface area contributed by atoms with Crippen molar-refractivity contribution in [2.45, 2.75) is 32.9 Å². The van der Waals surface area contributed by atoms with Crippen molar-refractivity contribution in [1.82, 2.24) is 14.7 Å². The number of carbonyl (C=O) groups is 1. The monoisotopic (exact) mass is 225 g/mol. The highest BCUT2D eigenvalue weighted by Crippen LogP contribution is 2.08. The van der Waals surface area contributed by atoms with Crippen molar-refractivity contribution in [2.24, 2.45) is 0 Å². The summed E-state index contributed by atoms with van der Waals surface area (Å²) in [6, 6.07) is 1.85. The highest BCUT2D eigenvalue weighted by Gasteiger charge is 2.19. The molecule has 0 fully saturated rings. The number of aromatic nitrogens is 2. The quantitative estimate of drug-likeness (QED) is 0.787. The summed E-state index contributed by atoms with van der Waals surface area (Å²) in [5, 5.41) is 4.06. The second-order valence-corrected chi connectivity index (χ2v) is 4.67. The van der Waals surface area contributed by atoms with Crippen LogP contribution in [0, 0.1) is 0 Å². The topological polar surface area (TPSA) is 47.4 Å². The Kier molecular flexibility index (Phi) is 3.93.